The smallest absolute Gasteiger partial charge is 0.119 e. The number of hydrogen-bond donors (Lipinski definition) is 1. The molecule has 0 spiro atoms. The van der Waals surface area contributed by atoms with Crippen molar-refractivity contribution in [2.24, 2.45) is 0 Å². The molecule has 2 heteroatoms. The van der Waals surface area contributed by atoms with E-state index < -0.39 is 0 Å². The first-order valence-electron chi connectivity index (χ1n) is 6.10. The van der Waals surface area contributed by atoms with Gasteiger partial charge in [-0.3, -0.25) is 0 Å². The highest BCUT2D eigenvalue weighted by atomic mass is 16.5. The average Bonchev–Trinajstić information content (AvgIpc) is 2.34. The van der Waals surface area contributed by atoms with Crippen LogP contribution in [0.2, 0.25) is 0 Å². The van der Waals surface area contributed by atoms with Crippen LogP contribution < -0.4 is 10.1 Å². The maximum atomic E-state index is 5.23. The molecule has 2 nitrogen and oxygen atoms in total. The van der Waals surface area contributed by atoms with Crippen molar-refractivity contribution >= 4 is 0 Å². The Morgan fingerprint density at radius 1 is 1.47 bits per heavy atom. The Kier molecular flexibility index (Phi) is 5.78. The number of likely N-dealkylation sites (N-methyl/N-ethyl adjacent to an activating group) is 1. The molecule has 94 valence electrons. The van der Waals surface area contributed by atoms with Crippen LogP contribution in [0, 0.1) is 0 Å². The third kappa shape index (κ3) is 5.05. The monoisotopic (exact) mass is 233 g/mol. The summed E-state index contributed by atoms with van der Waals surface area (Å²) in [5.74, 6) is 0.928. The number of ether oxygens (including phenoxy) is 1. The summed E-state index contributed by atoms with van der Waals surface area (Å²) in [6.45, 7) is 6.03. The van der Waals surface area contributed by atoms with E-state index in [-0.39, 0.29) is 0 Å². The van der Waals surface area contributed by atoms with Crippen molar-refractivity contribution in [2.45, 2.75) is 32.2 Å². The molecular weight excluding hydrogens is 210 g/mol. The Morgan fingerprint density at radius 3 is 2.82 bits per heavy atom. The molecule has 1 atom stereocenters. The molecule has 0 bridgehead atoms. The van der Waals surface area contributed by atoms with E-state index >= 15 is 0 Å². The molecule has 0 aromatic heterocycles. The van der Waals surface area contributed by atoms with Crippen molar-refractivity contribution in [1.29, 1.82) is 0 Å². The fraction of sp³-hybridized carbons (Fsp3) is 0.467. The van der Waals surface area contributed by atoms with Gasteiger partial charge in [0.25, 0.3) is 0 Å². The van der Waals surface area contributed by atoms with Crippen LogP contribution in [-0.2, 0) is 6.42 Å². The lowest BCUT2D eigenvalue weighted by molar-refractivity contribution is 0.413. The van der Waals surface area contributed by atoms with Gasteiger partial charge in [-0.25, -0.2) is 0 Å². The molecule has 0 aliphatic heterocycles. The molecule has 1 N–H and O–H groups in total. The minimum atomic E-state index is 0.499. The highest BCUT2D eigenvalue weighted by Gasteiger charge is 2.07. The number of rotatable bonds is 7. The van der Waals surface area contributed by atoms with Gasteiger partial charge in [0.15, 0.2) is 0 Å². The van der Waals surface area contributed by atoms with E-state index in [1.165, 1.54) is 11.1 Å². The first-order chi connectivity index (χ1) is 8.15. The standard InChI is InChI=1S/C15H23NO/c1-12(2)8-9-14(16-3)10-13-6-5-7-15(11-13)17-4/h5-7,11,14,16H,1,8-10H2,2-4H3. The van der Waals surface area contributed by atoms with Gasteiger partial charge in [0.1, 0.15) is 5.75 Å². The molecule has 0 aliphatic carbocycles. The summed E-state index contributed by atoms with van der Waals surface area (Å²) in [6.07, 6.45) is 3.24. The quantitative estimate of drug-likeness (QED) is 0.730. The number of benzene rings is 1. The summed E-state index contributed by atoms with van der Waals surface area (Å²) in [7, 11) is 3.72. The lowest BCUT2D eigenvalue weighted by Gasteiger charge is -2.16. The Morgan fingerprint density at radius 2 is 2.24 bits per heavy atom. The van der Waals surface area contributed by atoms with E-state index in [1.54, 1.807) is 7.11 Å². The SMILES string of the molecule is C=C(C)CCC(Cc1cccc(OC)c1)NC. The number of hydrogen-bond acceptors (Lipinski definition) is 2. The Bertz CT molecular complexity index is 360. The maximum Gasteiger partial charge on any atom is 0.119 e. The molecule has 17 heavy (non-hydrogen) atoms. The third-order valence-electron chi connectivity index (χ3n) is 2.94. The van der Waals surface area contributed by atoms with E-state index in [4.69, 9.17) is 4.74 Å². The maximum absolute atomic E-state index is 5.23. The van der Waals surface area contributed by atoms with Gasteiger partial charge in [0, 0.05) is 6.04 Å². The van der Waals surface area contributed by atoms with Crippen molar-refractivity contribution in [3.05, 3.63) is 42.0 Å². The largest absolute Gasteiger partial charge is 0.497 e. The fourth-order valence-corrected chi connectivity index (χ4v) is 1.85. The Hall–Kier alpha value is -1.28. The summed E-state index contributed by atoms with van der Waals surface area (Å²) in [6, 6.07) is 8.77. The van der Waals surface area contributed by atoms with E-state index in [2.05, 4.69) is 31.0 Å². The summed E-state index contributed by atoms with van der Waals surface area (Å²) >= 11 is 0. The summed E-state index contributed by atoms with van der Waals surface area (Å²) in [5, 5.41) is 3.36. The molecule has 1 aromatic carbocycles. The number of methoxy groups -OCH3 is 1. The van der Waals surface area contributed by atoms with Gasteiger partial charge in [-0.2, -0.15) is 0 Å². The van der Waals surface area contributed by atoms with Crippen molar-refractivity contribution < 1.29 is 4.74 Å². The van der Waals surface area contributed by atoms with Crippen LogP contribution in [0.5, 0.6) is 5.75 Å². The van der Waals surface area contributed by atoms with Gasteiger partial charge in [-0.05, 0) is 50.9 Å². The van der Waals surface area contributed by atoms with E-state index in [0.717, 1.165) is 25.0 Å². The molecule has 0 fully saturated rings. The zero-order chi connectivity index (χ0) is 12.7. The molecule has 1 unspecified atom stereocenters. The molecule has 0 aliphatic rings. The fourth-order valence-electron chi connectivity index (χ4n) is 1.85. The van der Waals surface area contributed by atoms with Crippen LogP contribution in [0.1, 0.15) is 25.3 Å². The molecule has 0 saturated heterocycles. The molecule has 0 amide bonds. The molecular formula is C15H23NO. The van der Waals surface area contributed by atoms with Gasteiger partial charge >= 0.3 is 0 Å². The van der Waals surface area contributed by atoms with Gasteiger partial charge in [0.2, 0.25) is 0 Å². The summed E-state index contributed by atoms with van der Waals surface area (Å²) in [4.78, 5) is 0. The zero-order valence-corrected chi connectivity index (χ0v) is 11.1. The van der Waals surface area contributed by atoms with E-state index in [1.807, 2.05) is 19.2 Å². The Labute approximate surface area is 105 Å². The first-order valence-corrected chi connectivity index (χ1v) is 6.10. The highest BCUT2D eigenvalue weighted by Crippen LogP contribution is 2.16. The molecule has 0 saturated carbocycles. The molecule has 1 rings (SSSR count). The van der Waals surface area contributed by atoms with Crippen LogP contribution in [0.3, 0.4) is 0 Å². The van der Waals surface area contributed by atoms with Gasteiger partial charge < -0.3 is 10.1 Å². The van der Waals surface area contributed by atoms with Crippen LogP contribution in [0.25, 0.3) is 0 Å². The van der Waals surface area contributed by atoms with E-state index in [9.17, 15) is 0 Å². The highest BCUT2D eigenvalue weighted by molar-refractivity contribution is 5.28. The Balaban J connectivity index is 2.56. The van der Waals surface area contributed by atoms with Gasteiger partial charge in [0.05, 0.1) is 7.11 Å². The third-order valence-corrected chi connectivity index (χ3v) is 2.94. The molecule has 0 radical (unpaired) electrons. The van der Waals surface area contributed by atoms with Crippen LogP contribution in [-0.4, -0.2) is 20.2 Å². The summed E-state index contributed by atoms with van der Waals surface area (Å²) < 4.78 is 5.23. The van der Waals surface area contributed by atoms with Gasteiger partial charge in [-0.15, -0.1) is 6.58 Å². The summed E-state index contributed by atoms with van der Waals surface area (Å²) in [5.41, 5.74) is 2.56. The van der Waals surface area contributed by atoms with Crippen molar-refractivity contribution in [3.8, 4) is 5.75 Å². The normalized spacial score (nSPS) is 12.2. The lowest BCUT2D eigenvalue weighted by atomic mass is 10.00. The predicted octanol–water partition coefficient (Wildman–Crippen LogP) is 3.18. The minimum Gasteiger partial charge on any atom is -0.497 e. The van der Waals surface area contributed by atoms with Crippen molar-refractivity contribution in [3.63, 3.8) is 0 Å². The topological polar surface area (TPSA) is 21.3 Å². The van der Waals surface area contributed by atoms with Gasteiger partial charge in [-0.1, -0.05) is 17.7 Å². The zero-order valence-electron chi connectivity index (χ0n) is 11.1. The van der Waals surface area contributed by atoms with Crippen LogP contribution in [0.15, 0.2) is 36.4 Å². The lowest BCUT2D eigenvalue weighted by Crippen LogP contribution is -2.27. The van der Waals surface area contributed by atoms with Crippen LogP contribution >= 0.6 is 0 Å². The second-order valence-corrected chi connectivity index (χ2v) is 4.54. The van der Waals surface area contributed by atoms with Crippen molar-refractivity contribution in [2.75, 3.05) is 14.2 Å². The minimum absolute atomic E-state index is 0.499. The van der Waals surface area contributed by atoms with Crippen molar-refractivity contribution in [1.82, 2.24) is 5.32 Å². The van der Waals surface area contributed by atoms with Crippen LogP contribution in [0.4, 0.5) is 0 Å². The second-order valence-electron chi connectivity index (χ2n) is 4.54. The average molecular weight is 233 g/mol. The molecule has 1 aromatic rings. The second kappa shape index (κ2) is 7.13. The number of nitrogens with one attached hydrogen (secondary N) is 1. The van der Waals surface area contributed by atoms with E-state index in [0.29, 0.717) is 6.04 Å². The predicted molar refractivity (Wildman–Crippen MR) is 73.6 cm³/mol. The molecule has 0 heterocycles. The number of allylic oxidation sites excluding steroid dienone is 1. The first kappa shape index (κ1) is 13.8.